The predicted octanol–water partition coefficient (Wildman–Crippen LogP) is 1.28. The second-order valence-electron chi connectivity index (χ2n) is 3.10. The van der Waals surface area contributed by atoms with E-state index in [0.717, 1.165) is 0 Å². The van der Waals surface area contributed by atoms with Crippen molar-refractivity contribution in [2.45, 2.75) is 13.3 Å². The first-order chi connectivity index (χ1) is 7.61. The highest BCUT2D eigenvalue weighted by atomic mass is 16.4. The molecule has 1 rings (SSSR count). The maximum absolute atomic E-state index is 11.1. The molecule has 0 aromatic heterocycles. The largest absolute Gasteiger partial charge is 0.481 e. The van der Waals surface area contributed by atoms with Crippen LogP contribution in [0.25, 0.3) is 0 Å². The van der Waals surface area contributed by atoms with Crippen LogP contribution in [0.3, 0.4) is 0 Å². The molecular weight excluding hydrogens is 206 g/mol. The van der Waals surface area contributed by atoms with E-state index in [2.05, 4.69) is 17.2 Å². The average Bonchev–Trinajstić information content (AvgIpc) is 2.20. The molecule has 1 amide bonds. The second kappa shape index (κ2) is 5.56. The molecule has 0 saturated carbocycles. The van der Waals surface area contributed by atoms with Crippen LogP contribution in [0, 0.1) is 11.8 Å². The fourth-order valence-electron chi connectivity index (χ4n) is 1.16. The third-order valence-electron chi connectivity index (χ3n) is 1.81. The molecule has 2 N–H and O–H groups in total. The lowest BCUT2D eigenvalue weighted by molar-refractivity contribution is -0.136. The summed E-state index contributed by atoms with van der Waals surface area (Å²) in [6.07, 6.45) is -0.0248. The number of rotatable bonds is 3. The number of benzene rings is 1. The Bertz CT molecular complexity index is 451. The first kappa shape index (κ1) is 11.8. The highest BCUT2D eigenvalue weighted by molar-refractivity contribution is 6.03. The molecule has 0 fully saturated rings. The second-order valence-corrected chi connectivity index (χ2v) is 3.10. The number of carboxylic acids is 1. The van der Waals surface area contributed by atoms with Gasteiger partial charge in [-0.1, -0.05) is 18.1 Å². The fourth-order valence-corrected chi connectivity index (χ4v) is 1.16. The standard InChI is InChI=1S/C12H11NO3/c1-2-3-11(14)13-10-6-4-9(5-7-10)8-12(15)16/h4-7H,8H2,1H3,(H,13,14)(H,15,16). The van der Waals surface area contributed by atoms with Gasteiger partial charge in [0.25, 0.3) is 5.91 Å². The predicted molar refractivity (Wildman–Crippen MR) is 59.9 cm³/mol. The normalized spacial score (nSPS) is 8.81. The van der Waals surface area contributed by atoms with E-state index in [1.54, 1.807) is 31.2 Å². The first-order valence-corrected chi connectivity index (χ1v) is 4.66. The third kappa shape index (κ3) is 3.84. The molecule has 0 bridgehead atoms. The smallest absolute Gasteiger partial charge is 0.307 e. The van der Waals surface area contributed by atoms with Crippen LogP contribution in [0.5, 0.6) is 0 Å². The van der Waals surface area contributed by atoms with E-state index in [-0.39, 0.29) is 12.3 Å². The summed E-state index contributed by atoms with van der Waals surface area (Å²) in [6.45, 7) is 1.58. The Balaban J connectivity index is 2.66. The molecule has 0 aliphatic heterocycles. The van der Waals surface area contributed by atoms with Crippen LogP contribution >= 0.6 is 0 Å². The van der Waals surface area contributed by atoms with Gasteiger partial charge in [-0.05, 0) is 30.5 Å². The van der Waals surface area contributed by atoms with Crippen molar-refractivity contribution >= 4 is 17.6 Å². The van der Waals surface area contributed by atoms with Crippen LogP contribution < -0.4 is 5.32 Å². The lowest BCUT2D eigenvalue weighted by Gasteiger charge is -2.02. The maximum atomic E-state index is 11.1. The van der Waals surface area contributed by atoms with Gasteiger partial charge in [0.15, 0.2) is 0 Å². The van der Waals surface area contributed by atoms with Crippen LogP contribution in [-0.4, -0.2) is 17.0 Å². The molecule has 0 aliphatic carbocycles. The van der Waals surface area contributed by atoms with E-state index in [1.807, 2.05) is 0 Å². The summed E-state index contributed by atoms with van der Waals surface area (Å²) in [5.74, 6) is 3.57. The highest BCUT2D eigenvalue weighted by Gasteiger charge is 2.01. The van der Waals surface area contributed by atoms with E-state index in [0.29, 0.717) is 11.3 Å². The molecule has 0 aliphatic rings. The summed E-state index contributed by atoms with van der Waals surface area (Å²) in [5.41, 5.74) is 1.29. The number of aliphatic carboxylic acids is 1. The Kier molecular flexibility index (Phi) is 4.10. The fraction of sp³-hybridized carbons (Fsp3) is 0.167. The molecule has 4 nitrogen and oxygen atoms in total. The van der Waals surface area contributed by atoms with Crippen LogP contribution in [0.2, 0.25) is 0 Å². The molecule has 82 valence electrons. The van der Waals surface area contributed by atoms with E-state index in [1.165, 1.54) is 0 Å². The van der Waals surface area contributed by atoms with Gasteiger partial charge in [-0.25, -0.2) is 0 Å². The van der Waals surface area contributed by atoms with Gasteiger partial charge in [0.1, 0.15) is 0 Å². The van der Waals surface area contributed by atoms with Gasteiger partial charge in [-0.3, -0.25) is 9.59 Å². The minimum Gasteiger partial charge on any atom is -0.481 e. The van der Waals surface area contributed by atoms with Crippen molar-refractivity contribution in [3.63, 3.8) is 0 Å². The Morgan fingerprint density at radius 2 is 1.94 bits per heavy atom. The van der Waals surface area contributed by atoms with Gasteiger partial charge in [0.05, 0.1) is 6.42 Å². The minimum absolute atomic E-state index is 0.0248. The number of carboxylic acid groups (broad SMARTS) is 1. The third-order valence-corrected chi connectivity index (χ3v) is 1.81. The van der Waals surface area contributed by atoms with Crippen LogP contribution in [0.15, 0.2) is 24.3 Å². The Hall–Kier alpha value is -2.28. The molecule has 0 atom stereocenters. The van der Waals surface area contributed by atoms with Crippen LogP contribution in [0.1, 0.15) is 12.5 Å². The van der Waals surface area contributed by atoms with E-state index in [9.17, 15) is 9.59 Å². The zero-order chi connectivity index (χ0) is 12.0. The molecule has 16 heavy (non-hydrogen) atoms. The first-order valence-electron chi connectivity index (χ1n) is 4.66. The Morgan fingerprint density at radius 3 is 2.44 bits per heavy atom. The molecule has 0 unspecified atom stereocenters. The maximum Gasteiger partial charge on any atom is 0.307 e. The van der Waals surface area contributed by atoms with Gasteiger partial charge >= 0.3 is 5.97 Å². The summed E-state index contributed by atoms with van der Waals surface area (Å²) in [5, 5.41) is 11.1. The van der Waals surface area contributed by atoms with Crippen molar-refractivity contribution in [2.24, 2.45) is 0 Å². The van der Waals surface area contributed by atoms with Crippen LogP contribution in [-0.2, 0) is 16.0 Å². The number of amides is 1. The van der Waals surface area contributed by atoms with Crippen molar-refractivity contribution in [2.75, 3.05) is 5.32 Å². The minimum atomic E-state index is -0.881. The summed E-state index contributed by atoms with van der Waals surface area (Å²) in [7, 11) is 0. The molecule has 0 spiro atoms. The number of anilines is 1. The summed E-state index contributed by atoms with van der Waals surface area (Å²) in [6, 6.07) is 6.60. The monoisotopic (exact) mass is 217 g/mol. The molecule has 4 heteroatoms. The van der Waals surface area contributed by atoms with E-state index in [4.69, 9.17) is 5.11 Å². The number of carbonyl (C=O) groups is 2. The van der Waals surface area contributed by atoms with E-state index >= 15 is 0 Å². The summed E-state index contributed by atoms with van der Waals surface area (Å²) < 4.78 is 0. The Morgan fingerprint density at radius 1 is 1.31 bits per heavy atom. The molecular formula is C12H11NO3. The molecule has 0 heterocycles. The SMILES string of the molecule is CC#CC(=O)Nc1ccc(CC(=O)O)cc1. The lowest BCUT2D eigenvalue weighted by Crippen LogP contribution is -2.08. The summed E-state index contributed by atoms with van der Waals surface area (Å²) >= 11 is 0. The molecule has 1 aromatic rings. The molecule has 0 saturated heterocycles. The Labute approximate surface area is 93.3 Å². The number of hydrogen-bond donors (Lipinski definition) is 2. The number of carbonyl (C=O) groups excluding carboxylic acids is 1. The van der Waals surface area contributed by atoms with Crippen molar-refractivity contribution in [1.29, 1.82) is 0 Å². The molecule has 0 radical (unpaired) electrons. The van der Waals surface area contributed by atoms with Gasteiger partial charge in [-0.15, -0.1) is 0 Å². The van der Waals surface area contributed by atoms with Crippen molar-refractivity contribution in [1.82, 2.24) is 0 Å². The number of nitrogens with one attached hydrogen (secondary N) is 1. The zero-order valence-electron chi connectivity index (χ0n) is 8.78. The topological polar surface area (TPSA) is 66.4 Å². The quantitative estimate of drug-likeness (QED) is 0.749. The van der Waals surface area contributed by atoms with Gasteiger partial charge in [0, 0.05) is 5.69 Å². The van der Waals surface area contributed by atoms with Crippen molar-refractivity contribution < 1.29 is 14.7 Å². The van der Waals surface area contributed by atoms with Gasteiger partial charge < -0.3 is 10.4 Å². The van der Waals surface area contributed by atoms with Crippen LogP contribution in [0.4, 0.5) is 5.69 Å². The highest BCUT2D eigenvalue weighted by Crippen LogP contribution is 2.09. The zero-order valence-corrected chi connectivity index (χ0v) is 8.78. The lowest BCUT2D eigenvalue weighted by atomic mass is 10.1. The summed E-state index contributed by atoms with van der Waals surface area (Å²) in [4.78, 5) is 21.5. The van der Waals surface area contributed by atoms with Gasteiger partial charge in [0.2, 0.25) is 0 Å². The van der Waals surface area contributed by atoms with Gasteiger partial charge in [-0.2, -0.15) is 0 Å². The van der Waals surface area contributed by atoms with Crippen molar-refractivity contribution in [3.05, 3.63) is 29.8 Å². The van der Waals surface area contributed by atoms with Crippen molar-refractivity contribution in [3.8, 4) is 11.8 Å². The number of hydrogen-bond acceptors (Lipinski definition) is 2. The van der Waals surface area contributed by atoms with E-state index < -0.39 is 5.97 Å². The molecule has 1 aromatic carbocycles. The average molecular weight is 217 g/mol.